The Labute approximate surface area is 109 Å². The van der Waals surface area contributed by atoms with Gasteiger partial charge in [0.25, 0.3) is 0 Å². The van der Waals surface area contributed by atoms with Crippen LogP contribution in [0.25, 0.3) is 0 Å². The zero-order valence-corrected chi connectivity index (χ0v) is 12.4. The highest BCUT2D eigenvalue weighted by atomic mass is 16.4. The fraction of sp³-hybridized carbons (Fsp3) is 0.857. The summed E-state index contributed by atoms with van der Waals surface area (Å²) in [5.41, 5.74) is -0.549. The van der Waals surface area contributed by atoms with Crippen LogP contribution in [0.1, 0.15) is 48.5 Å². The lowest BCUT2D eigenvalue weighted by atomic mass is 9.80. The van der Waals surface area contributed by atoms with E-state index < -0.39 is 17.3 Å². The van der Waals surface area contributed by atoms with Crippen molar-refractivity contribution in [1.29, 1.82) is 0 Å². The SMILES string of the molecule is CC(C)(C)C(C(=O)O)C(=O)NC1C(C)(C)C1(C)C. The van der Waals surface area contributed by atoms with Crippen LogP contribution in [0.5, 0.6) is 0 Å². The summed E-state index contributed by atoms with van der Waals surface area (Å²) in [7, 11) is 0. The summed E-state index contributed by atoms with van der Waals surface area (Å²) in [5.74, 6) is -2.44. The summed E-state index contributed by atoms with van der Waals surface area (Å²) >= 11 is 0. The molecule has 1 atom stereocenters. The van der Waals surface area contributed by atoms with E-state index in [4.69, 9.17) is 0 Å². The molecule has 0 bridgehead atoms. The van der Waals surface area contributed by atoms with Gasteiger partial charge >= 0.3 is 5.97 Å². The molecular formula is C14H25NO3. The molecule has 4 heteroatoms. The van der Waals surface area contributed by atoms with E-state index in [0.717, 1.165) is 0 Å². The zero-order chi connectivity index (χ0) is 14.5. The summed E-state index contributed by atoms with van der Waals surface area (Å²) in [6, 6.07) is 0.0432. The first kappa shape index (κ1) is 15.0. The summed E-state index contributed by atoms with van der Waals surface area (Å²) in [6.07, 6.45) is 0. The second kappa shape index (κ2) is 3.97. The van der Waals surface area contributed by atoms with Gasteiger partial charge < -0.3 is 10.4 Å². The summed E-state index contributed by atoms with van der Waals surface area (Å²) < 4.78 is 0. The van der Waals surface area contributed by atoms with E-state index in [1.54, 1.807) is 20.8 Å². The van der Waals surface area contributed by atoms with Crippen molar-refractivity contribution in [3.63, 3.8) is 0 Å². The maximum Gasteiger partial charge on any atom is 0.316 e. The van der Waals surface area contributed by atoms with Gasteiger partial charge in [0, 0.05) is 6.04 Å². The van der Waals surface area contributed by atoms with Gasteiger partial charge in [-0.3, -0.25) is 9.59 Å². The van der Waals surface area contributed by atoms with Gasteiger partial charge in [0.05, 0.1) is 0 Å². The van der Waals surface area contributed by atoms with Gasteiger partial charge in [-0.1, -0.05) is 48.5 Å². The van der Waals surface area contributed by atoms with Crippen LogP contribution < -0.4 is 5.32 Å². The Morgan fingerprint density at radius 1 is 1.11 bits per heavy atom. The molecule has 0 saturated heterocycles. The third-order valence-corrected chi connectivity index (χ3v) is 4.68. The number of carboxylic acids is 1. The summed E-state index contributed by atoms with van der Waals surface area (Å²) in [5, 5.41) is 12.1. The lowest BCUT2D eigenvalue weighted by Gasteiger charge is -2.26. The summed E-state index contributed by atoms with van der Waals surface area (Å²) in [6.45, 7) is 13.7. The molecule has 1 aliphatic carbocycles. The second-order valence-electron chi connectivity index (χ2n) is 7.52. The van der Waals surface area contributed by atoms with Gasteiger partial charge in [-0.05, 0) is 16.2 Å². The van der Waals surface area contributed by atoms with E-state index in [-0.39, 0.29) is 22.8 Å². The minimum Gasteiger partial charge on any atom is -0.481 e. The van der Waals surface area contributed by atoms with E-state index in [0.29, 0.717) is 0 Å². The van der Waals surface area contributed by atoms with Gasteiger partial charge in [0.1, 0.15) is 5.92 Å². The molecule has 1 rings (SSSR count). The maximum absolute atomic E-state index is 12.2. The minimum atomic E-state index is -1.06. The molecule has 104 valence electrons. The Morgan fingerprint density at radius 3 is 1.72 bits per heavy atom. The normalized spacial score (nSPS) is 23.3. The largest absolute Gasteiger partial charge is 0.481 e. The van der Waals surface area contributed by atoms with Crippen molar-refractivity contribution in [2.24, 2.45) is 22.2 Å². The molecule has 0 aromatic rings. The lowest BCUT2D eigenvalue weighted by molar-refractivity contribution is -0.151. The number of carbonyl (C=O) groups excluding carboxylic acids is 1. The van der Waals surface area contributed by atoms with E-state index in [9.17, 15) is 14.7 Å². The fourth-order valence-electron chi connectivity index (χ4n) is 2.66. The molecule has 1 unspecified atom stereocenters. The van der Waals surface area contributed by atoms with Crippen LogP contribution in [0.3, 0.4) is 0 Å². The molecule has 2 N–H and O–H groups in total. The van der Waals surface area contributed by atoms with Gasteiger partial charge in [0.15, 0.2) is 0 Å². The van der Waals surface area contributed by atoms with Gasteiger partial charge in [0.2, 0.25) is 5.91 Å². The number of aliphatic carboxylic acids is 1. The number of carboxylic acid groups (broad SMARTS) is 1. The first-order valence-electron chi connectivity index (χ1n) is 6.36. The van der Waals surface area contributed by atoms with Crippen molar-refractivity contribution in [3.8, 4) is 0 Å². The molecule has 0 heterocycles. The number of nitrogens with one attached hydrogen (secondary N) is 1. The quantitative estimate of drug-likeness (QED) is 0.760. The Bertz CT molecular complexity index is 363. The third kappa shape index (κ3) is 2.25. The molecule has 0 spiro atoms. The van der Waals surface area contributed by atoms with Crippen LogP contribution in [0, 0.1) is 22.2 Å². The molecule has 1 fully saturated rings. The van der Waals surface area contributed by atoms with E-state index >= 15 is 0 Å². The van der Waals surface area contributed by atoms with Gasteiger partial charge in [-0.2, -0.15) is 0 Å². The highest BCUT2D eigenvalue weighted by Crippen LogP contribution is 2.62. The molecule has 4 nitrogen and oxygen atoms in total. The number of hydrogen-bond acceptors (Lipinski definition) is 2. The smallest absolute Gasteiger partial charge is 0.316 e. The topological polar surface area (TPSA) is 66.4 Å². The average molecular weight is 255 g/mol. The Balaban J connectivity index is 2.81. The monoisotopic (exact) mass is 255 g/mol. The maximum atomic E-state index is 12.2. The highest BCUT2D eigenvalue weighted by Gasteiger charge is 2.65. The highest BCUT2D eigenvalue weighted by molar-refractivity contribution is 5.98. The molecule has 1 amide bonds. The zero-order valence-electron chi connectivity index (χ0n) is 12.4. The van der Waals surface area contributed by atoms with Crippen LogP contribution in [0.2, 0.25) is 0 Å². The molecule has 1 saturated carbocycles. The second-order valence-corrected chi connectivity index (χ2v) is 7.52. The van der Waals surface area contributed by atoms with Gasteiger partial charge in [-0.25, -0.2) is 0 Å². The summed E-state index contributed by atoms with van der Waals surface area (Å²) in [4.78, 5) is 23.4. The average Bonchev–Trinajstić information content (AvgIpc) is 2.44. The number of hydrogen-bond donors (Lipinski definition) is 2. The first-order valence-corrected chi connectivity index (χ1v) is 6.36. The molecule has 0 radical (unpaired) electrons. The van der Waals surface area contributed by atoms with Crippen LogP contribution in [0.15, 0.2) is 0 Å². The van der Waals surface area contributed by atoms with Crippen LogP contribution in [-0.4, -0.2) is 23.0 Å². The molecule has 18 heavy (non-hydrogen) atoms. The van der Waals surface area contributed by atoms with Crippen molar-refractivity contribution in [2.75, 3.05) is 0 Å². The molecule has 1 aliphatic rings. The molecule has 0 aliphatic heterocycles. The van der Waals surface area contributed by atoms with Crippen molar-refractivity contribution >= 4 is 11.9 Å². The van der Waals surface area contributed by atoms with Crippen molar-refractivity contribution in [2.45, 2.75) is 54.5 Å². The van der Waals surface area contributed by atoms with Crippen LogP contribution in [-0.2, 0) is 9.59 Å². The number of rotatable bonds is 3. The predicted octanol–water partition coefficient (Wildman–Crippen LogP) is 2.28. The van der Waals surface area contributed by atoms with E-state index in [1.165, 1.54) is 0 Å². The standard InChI is InChI=1S/C14H25NO3/c1-12(2,3)8(10(17)18)9(16)15-11-13(4,5)14(11,6)7/h8,11H,1-7H3,(H,15,16)(H,17,18). The van der Waals surface area contributed by atoms with Crippen LogP contribution in [0.4, 0.5) is 0 Å². The molecular weight excluding hydrogens is 230 g/mol. The fourth-order valence-corrected chi connectivity index (χ4v) is 2.66. The van der Waals surface area contributed by atoms with Gasteiger partial charge in [-0.15, -0.1) is 0 Å². The van der Waals surface area contributed by atoms with E-state index in [1.807, 2.05) is 0 Å². The van der Waals surface area contributed by atoms with Crippen molar-refractivity contribution < 1.29 is 14.7 Å². The molecule has 0 aromatic heterocycles. The lowest BCUT2D eigenvalue weighted by Crippen LogP contribution is -2.44. The number of amides is 1. The first-order chi connectivity index (χ1) is 7.83. The predicted molar refractivity (Wildman–Crippen MR) is 70.1 cm³/mol. The molecule has 0 aromatic carbocycles. The van der Waals surface area contributed by atoms with E-state index in [2.05, 4.69) is 33.0 Å². The Hall–Kier alpha value is -1.06. The third-order valence-electron chi connectivity index (χ3n) is 4.68. The Kier molecular flexibility index (Phi) is 3.31. The Morgan fingerprint density at radius 2 is 1.50 bits per heavy atom. The van der Waals surface area contributed by atoms with Crippen LogP contribution >= 0.6 is 0 Å². The number of carbonyl (C=O) groups is 2. The van der Waals surface area contributed by atoms with Crippen molar-refractivity contribution in [1.82, 2.24) is 5.32 Å². The minimum absolute atomic E-state index is 0.0175. The van der Waals surface area contributed by atoms with Crippen molar-refractivity contribution in [3.05, 3.63) is 0 Å².